The molecule has 0 saturated heterocycles. The van der Waals surface area contributed by atoms with Gasteiger partial charge < -0.3 is 18.6 Å². The van der Waals surface area contributed by atoms with Crippen molar-refractivity contribution in [1.82, 2.24) is 19.7 Å². The lowest BCUT2D eigenvalue weighted by Gasteiger charge is -2.05. The van der Waals surface area contributed by atoms with Gasteiger partial charge in [-0.15, -0.1) is 0 Å². The molecule has 0 unspecified atom stereocenters. The number of benzene rings is 2. The largest absolute Gasteiger partial charge is 0.497 e. The van der Waals surface area contributed by atoms with Crippen molar-refractivity contribution in [2.45, 2.75) is 26.5 Å². The molecule has 7 nitrogen and oxygen atoms in total. The van der Waals surface area contributed by atoms with Crippen molar-refractivity contribution in [3.63, 3.8) is 0 Å². The fourth-order valence-corrected chi connectivity index (χ4v) is 2.98. The highest BCUT2D eigenvalue weighted by Crippen LogP contribution is 2.20. The molecule has 2 aromatic carbocycles. The van der Waals surface area contributed by atoms with E-state index < -0.39 is 0 Å². The first-order valence-corrected chi connectivity index (χ1v) is 8.73. The molecular formula is C20H20N4O3. The average Bonchev–Trinajstić information content (AvgIpc) is 3.28. The van der Waals surface area contributed by atoms with E-state index in [1.165, 1.54) is 0 Å². The van der Waals surface area contributed by atoms with E-state index in [4.69, 9.17) is 14.0 Å². The molecule has 0 fully saturated rings. The van der Waals surface area contributed by atoms with Crippen LogP contribution in [0.15, 0.2) is 53.1 Å². The van der Waals surface area contributed by atoms with Gasteiger partial charge in [0.15, 0.2) is 12.4 Å². The van der Waals surface area contributed by atoms with E-state index in [1.54, 1.807) is 7.11 Å². The molecule has 0 aliphatic heterocycles. The smallest absolute Gasteiger partial charge is 0.264 e. The lowest BCUT2D eigenvalue weighted by molar-refractivity contribution is 0.241. The zero-order valence-electron chi connectivity index (χ0n) is 15.3. The maximum absolute atomic E-state index is 5.68. The summed E-state index contributed by atoms with van der Waals surface area (Å²) in [5.41, 5.74) is 2.11. The summed E-state index contributed by atoms with van der Waals surface area (Å²) < 4.78 is 18.3. The van der Waals surface area contributed by atoms with Gasteiger partial charge in [0.05, 0.1) is 18.1 Å². The summed E-state index contributed by atoms with van der Waals surface area (Å²) >= 11 is 0. The number of imidazole rings is 1. The van der Waals surface area contributed by atoms with Crippen LogP contribution in [0.4, 0.5) is 0 Å². The Labute approximate surface area is 156 Å². The number of hydrogen-bond acceptors (Lipinski definition) is 6. The molecule has 0 amide bonds. The second kappa shape index (κ2) is 7.49. The first kappa shape index (κ1) is 17.1. The first-order chi connectivity index (χ1) is 13.2. The van der Waals surface area contributed by atoms with Crippen molar-refractivity contribution in [3.8, 4) is 11.5 Å². The van der Waals surface area contributed by atoms with Crippen molar-refractivity contribution in [2.75, 3.05) is 7.11 Å². The molecule has 0 spiro atoms. The Bertz CT molecular complexity index is 1050. The lowest BCUT2D eigenvalue weighted by atomic mass is 10.3. The predicted molar refractivity (Wildman–Crippen MR) is 99.8 cm³/mol. The zero-order chi connectivity index (χ0) is 18.6. The Morgan fingerprint density at radius 2 is 1.89 bits per heavy atom. The van der Waals surface area contributed by atoms with Crippen LogP contribution in [-0.4, -0.2) is 26.8 Å². The number of ether oxygens (including phenoxy) is 2. The van der Waals surface area contributed by atoms with Gasteiger partial charge in [-0.3, -0.25) is 0 Å². The van der Waals surface area contributed by atoms with Gasteiger partial charge in [-0.1, -0.05) is 23.4 Å². The Kier molecular flexibility index (Phi) is 4.74. The van der Waals surface area contributed by atoms with Crippen molar-refractivity contribution < 1.29 is 14.0 Å². The molecule has 2 heterocycles. The Morgan fingerprint density at radius 1 is 1.04 bits per heavy atom. The fraction of sp³-hybridized carbons (Fsp3) is 0.250. The molecule has 0 atom stereocenters. The number of nitrogens with zero attached hydrogens (tertiary/aromatic N) is 4. The molecule has 4 aromatic rings. The Morgan fingerprint density at radius 3 is 2.78 bits per heavy atom. The number of aryl methyl sites for hydroxylation is 3. The molecule has 138 valence electrons. The van der Waals surface area contributed by atoms with E-state index >= 15 is 0 Å². The summed E-state index contributed by atoms with van der Waals surface area (Å²) in [7, 11) is 1.62. The molecule has 0 bridgehead atoms. The minimum absolute atomic E-state index is 0.215. The van der Waals surface area contributed by atoms with E-state index in [-0.39, 0.29) is 6.61 Å². The molecule has 2 aromatic heterocycles. The summed E-state index contributed by atoms with van der Waals surface area (Å²) in [4.78, 5) is 8.99. The third-order valence-corrected chi connectivity index (χ3v) is 4.32. The summed E-state index contributed by atoms with van der Waals surface area (Å²) in [5, 5.41) is 4.05. The minimum Gasteiger partial charge on any atom is -0.497 e. The number of para-hydroxylation sites is 2. The second-order valence-electron chi connectivity index (χ2n) is 6.12. The highest BCUT2D eigenvalue weighted by Gasteiger charge is 2.11. The normalized spacial score (nSPS) is 11.0. The van der Waals surface area contributed by atoms with E-state index in [0.29, 0.717) is 23.9 Å². The van der Waals surface area contributed by atoms with E-state index in [0.717, 1.165) is 29.2 Å². The van der Waals surface area contributed by atoms with Crippen LogP contribution in [0.25, 0.3) is 11.0 Å². The fourth-order valence-electron chi connectivity index (χ4n) is 2.98. The monoisotopic (exact) mass is 364 g/mol. The SMILES string of the molecule is COc1cccc(OCc2nc(CCn3c(C)nc4ccccc43)no2)c1. The van der Waals surface area contributed by atoms with Gasteiger partial charge in [0.25, 0.3) is 5.89 Å². The van der Waals surface area contributed by atoms with Crippen LogP contribution in [-0.2, 0) is 19.6 Å². The molecule has 0 radical (unpaired) electrons. The van der Waals surface area contributed by atoms with Gasteiger partial charge in [0, 0.05) is 19.0 Å². The topological polar surface area (TPSA) is 75.2 Å². The van der Waals surface area contributed by atoms with Crippen molar-refractivity contribution in [3.05, 3.63) is 66.1 Å². The number of fused-ring (bicyclic) bond motifs is 1. The lowest BCUT2D eigenvalue weighted by Crippen LogP contribution is -2.04. The van der Waals surface area contributed by atoms with E-state index in [1.807, 2.05) is 49.4 Å². The van der Waals surface area contributed by atoms with Crippen LogP contribution in [0.3, 0.4) is 0 Å². The average molecular weight is 364 g/mol. The molecule has 0 aliphatic rings. The summed E-state index contributed by atoms with van der Waals surface area (Å²) in [5.74, 6) is 3.49. The minimum atomic E-state index is 0.215. The van der Waals surface area contributed by atoms with Crippen LogP contribution >= 0.6 is 0 Å². The number of aromatic nitrogens is 4. The molecule has 0 aliphatic carbocycles. The number of hydrogen-bond donors (Lipinski definition) is 0. The van der Waals surface area contributed by atoms with Crippen LogP contribution in [0.2, 0.25) is 0 Å². The summed E-state index contributed by atoms with van der Waals surface area (Å²) in [6.07, 6.45) is 0.657. The van der Waals surface area contributed by atoms with Gasteiger partial charge in [0.1, 0.15) is 17.3 Å². The highest BCUT2D eigenvalue weighted by molar-refractivity contribution is 5.75. The molecule has 7 heteroatoms. The maximum atomic E-state index is 5.68. The van der Waals surface area contributed by atoms with E-state index in [9.17, 15) is 0 Å². The number of methoxy groups -OCH3 is 1. The molecule has 0 N–H and O–H groups in total. The third kappa shape index (κ3) is 3.76. The van der Waals surface area contributed by atoms with Gasteiger partial charge in [-0.25, -0.2) is 4.98 Å². The second-order valence-corrected chi connectivity index (χ2v) is 6.12. The Hall–Kier alpha value is -3.35. The number of rotatable bonds is 7. The maximum Gasteiger partial charge on any atom is 0.264 e. The van der Waals surface area contributed by atoms with Crippen molar-refractivity contribution in [2.24, 2.45) is 0 Å². The first-order valence-electron chi connectivity index (χ1n) is 8.73. The molecule has 0 saturated carbocycles. The van der Waals surface area contributed by atoms with Crippen molar-refractivity contribution in [1.29, 1.82) is 0 Å². The van der Waals surface area contributed by atoms with Gasteiger partial charge in [-0.2, -0.15) is 4.98 Å². The molecular weight excluding hydrogens is 344 g/mol. The van der Waals surface area contributed by atoms with Crippen LogP contribution in [0, 0.1) is 6.92 Å². The van der Waals surface area contributed by atoms with Crippen LogP contribution in [0.5, 0.6) is 11.5 Å². The predicted octanol–water partition coefficient (Wildman–Crippen LogP) is 3.56. The molecule has 4 rings (SSSR count). The highest BCUT2D eigenvalue weighted by atomic mass is 16.5. The molecule has 27 heavy (non-hydrogen) atoms. The van der Waals surface area contributed by atoms with Crippen LogP contribution in [0.1, 0.15) is 17.5 Å². The van der Waals surface area contributed by atoms with Crippen LogP contribution < -0.4 is 9.47 Å². The van der Waals surface area contributed by atoms with Gasteiger partial charge in [0.2, 0.25) is 0 Å². The van der Waals surface area contributed by atoms with Crippen molar-refractivity contribution >= 4 is 11.0 Å². The quantitative estimate of drug-likeness (QED) is 0.499. The van der Waals surface area contributed by atoms with E-state index in [2.05, 4.69) is 25.8 Å². The Balaban J connectivity index is 1.38. The summed E-state index contributed by atoms with van der Waals surface area (Å²) in [6.45, 7) is 2.96. The van der Waals surface area contributed by atoms with Gasteiger partial charge >= 0.3 is 0 Å². The third-order valence-electron chi connectivity index (χ3n) is 4.32. The standard InChI is InChI=1S/C20H20N4O3/c1-14-21-17-8-3-4-9-18(17)24(14)11-10-19-22-20(27-23-19)13-26-16-7-5-6-15(12-16)25-2/h3-9,12H,10-11,13H2,1-2H3. The summed E-state index contributed by atoms with van der Waals surface area (Å²) in [6, 6.07) is 15.5. The van der Waals surface area contributed by atoms with Gasteiger partial charge in [-0.05, 0) is 31.2 Å². The zero-order valence-corrected chi connectivity index (χ0v) is 15.3.